The van der Waals surface area contributed by atoms with Gasteiger partial charge < -0.3 is 10.5 Å². The fourth-order valence-corrected chi connectivity index (χ4v) is 2.26. The van der Waals surface area contributed by atoms with Crippen LogP contribution in [0.5, 0.6) is 5.75 Å². The molecule has 100 valence electrons. The van der Waals surface area contributed by atoms with Crippen LogP contribution in [0, 0.1) is 24.0 Å². The van der Waals surface area contributed by atoms with Crippen LogP contribution in [-0.4, -0.2) is 9.91 Å². The summed E-state index contributed by atoms with van der Waals surface area (Å²) in [5.41, 5.74) is 6.94. The Bertz CT molecular complexity index is 625. The van der Waals surface area contributed by atoms with E-state index in [1.165, 1.54) is 17.4 Å². The van der Waals surface area contributed by atoms with E-state index in [4.69, 9.17) is 10.5 Å². The minimum Gasteiger partial charge on any atom is -0.488 e. The molecule has 0 aliphatic rings. The molecule has 7 heteroatoms. The Morgan fingerprint density at radius 2 is 2.16 bits per heavy atom. The fraction of sp³-hybridized carbons (Fsp3) is 0.250. The molecular formula is C12H13N3O3S. The zero-order valence-corrected chi connectivity index (χ0v) is 11.4. The molecule has 0 unspecified atom stereocenters. The molecule has 2 rings (SSSR count). The summed E-state index contributed by atoms with van der Waals surface area (Å²) in [4.78, 5) is 15.3. The number of aromatic nitrogens is 1. The van der Waals surface area contributed by atoms with Gasteiger partial charge in [0, 0.05) is 17.8 Å². The topological polar surface area (TPSA) is 91.3 Å². The molecule has 0 radical (unpaired) electrons. The van der Waals surface area contributed by atoms with Crippen LogP contribution in [0.4, 0.5) is 10.8 Å². The molecule has 0 spiro atoms. The van der Waals surface area contributed by atoms with E-state index >= 15 is 0 Å². The highest BCUT2D eigenvalue weighted by Gasteiger charge is 2.14. The van der Waals surface area contributed by atoms with Gasteiger partial charge in [-0.1, -0.05) is 11.3 Å². The Balaban J connectivity index is 2.17. The lowest BCUT2D eigenvalue weighted by Crippen LogP contribution is -1.98. The van der Waals surface area contributed by atoms with Crippen LogP contribution in [0.2, 0.25) is 0 Å². The van der Waals surface area contributed by atoms with Gasteiger partial charge in [0.2, 0.25) is 0 Å². The summed E-state index contributed by atoms with van der Waals surface area (Å²) in [7, 11) is 0. The highest BCUT2D eigenvalue weighted by molar-refractivity contribution is 7.15. The molecule has 0 bridgehead atoms. The Morgan fingerprint density at radius 3 is 2.74 bits per heavy atom. The molecule has 0 saturated heterocycles. The van der Waals surface area contributed by atoms with E-state index in [2.05, 4.69) is 4.98 Å². The first-order valence-electron chi connectivity index (χ1n) is 5.56. The van der Waals surface area contributed by atoms with E-state index < -0.39 is 4.92 Å². The summed E-state index contributed by atoms with van der Waals surface area (Å²) >= 11 is 1.36. The molecule has 0 fully saturated rings. The maximum atomic E-state index is 10.8. The predicted octanol–water partition coefficient (Wildman–Crippen LogP) is 2.83. The Kier molecular flexibility index (Phi) is 3.66. The highest BCUT2D eigenvalue weighted by atomic mass is 32.1. The van der Waals surface area contributed by atoms with Gasteiger partial charge in [-0.15, -0.1) is 0 Å². The largest absolute Gasteiger partial charge is 0.488 e. The molecule has 1 aromatic carbocycles. The number of aryl methyl sites for hydroxylation is 2. The molecule has 0 atom stereocenters. The molecule has 0 aliphatic heterocycles. The summed E-state index contributed by atoms with van der Waals surface area (Å²) in [6.45, 7) is 3.82. The van der Waals surface area contributed by atoms with E-state index in [0.29, 0.717) is 23.1 Å². The number of nitrogens with two attached hydrogens (primary N) is 1. The third-order valence-corrected chi connectivity index (χ3v) is 3.43. The summed E-state index contributed by atoms with van der Waals surface area (Å²) in [6.07, 6.45) is 1.66. The van der Waals surface area contributed by atoms with Crippen LogP contribution in [0.15, 0.2) is 18.3 Å². The molecular weight excluding hydrogens is 266 g/mol. The summed E-state index contributed by atoms with van der Waals surface area (Å²) in [5.74, 6) is 0.634. The quantitative estimate of drug-likeness (QED) is 0.686. The van der Waals surface area contributed by atoms with Crippen molar-refractivity contribution in [1.29, 1.82) is 0 Å². The molecule has 0 saturated carbocycles. The molecule has 2 aromatic rings. The van der Waals surface area contributed by atoms with Gasteiger partial charge in [-0.25, -0.2) is 4.98 Å². The number of nitro groups is 1. The maximum absolute atomic E-state index is 10.8. The van der Waals surface area contributed by atoms with Crippen molar-refractivity contribution in [2.45, 2.75) is 20.5 Å². The van der Waals surface area contributed by atoms with Crippen LogP contribution in [0.3, 0.4) is 0 Å². The van der Waals surface area contributed by atoms with Gasteiger partial charge in [-0.2, -0.15) is 0 Å². The number of ether oxygens (including phenoxy) is 1. The van der Waals surface area contributed by atoms with E-state index in [1.54, 1.807) is 26.1 Å². The molecule has 19 heavy (non-hydrogen) atoms. The predicted molar refractivity (Wildman–Crippen MR) is 73.4 cm³/mol. The molecule has 2 N–H and O–H groups in total. The SMILES string of the molecule is Cc1cc([N+](=O)[O-])c(C)cc1OCc1cnc(N)s1. The number of hydrogen-bond acceptors (Lipinski definition) is 6. The van der Waals surface area contributed by atoms with Crippen molar-refractivity contribution in [3.63, 3.8) is 0 Å². The third kappa shape index (κ3) is 3.00. The second-order valence-electron chi connectivity index (χ2n) is 4.11. The zero-order valence-electron chi connectivity index (χ0n) is 10.5. The number of hydrogen-bond donors (Lipinski definition) is 1. The Hall–Kier alpha value is -2.15. The second-order valence-corrected chi connectivity index (χ2v) is 5.26. The highest BCUT2D eigenvalue weighted by Crippen LogP contribution is 2.28. The number of benzene rings is 1. The number of nitrogen functional groups attached to an aromatic ring is 1. The first-order valence-corrected chi connectivity index (χ1v) is 6.37. The summed E-state index contributed by atoms with van der Waals surface area (Å²) in [6, 6.07) is 3.20. The van der Waals surface area contributed by atoms with Crippen molar-refractivity contribution < 1.29 is 9.66 Å². The molecule has 0 aliphatic carbocycles. The normalized spacial score (nSPS) is 10.4. The number of nitrogens with zero attached hydrogens (tertiary/aromatic N) is 2. The lowest BCUT2D eigenvalue weighted by atomic mass is 10.1. The van der Waals surface area contributed by atoms with Crippen molar-refractivity contribution in [3.8, 4) is 5.75 Å². The number of rotatable bonds is 4. The Labute approximate surface area is 114 Å². The zero-order chi connectivity index (χ0) is 14.0. The third-order valence-electron chi connectivity index (χ3n) is 2.63. The van der Waals surface area contributed by atoms with Crippen LogP contribution in [0.1, 0.15) is 16.0 Å². The van der Waals surface area contributed by atoms with Gasteiger partial charge in [0.25, 0.3) is 5.69 Å². The number of thiazole rings is 1. The van der Waals surface area contributed by atoms with Crippen molar-refractivity contribution in [1.82, 2.24) is 4.98 Å². The van der Waals surface area contributed by atoms with Crippen molar-refractivity contribution >= 4 is 22.2 Å². The van der Waals surface area contributed by atoms with Gasteiger partial charge in [0.15, 0.2) is 5.13 Å². The monoisotopic (exact) mass is 279 g/mol. The van der Waals surface area contributed by atoms with Gasteiger partial charge in [0.05, 0.1) is 9.80 Å². The lowest BCUT2D eigenvalue weighted by Gasteiger charge is -2.09. The van der Waals surface area contributed by atoms with Gasteiger partial charge >= 0.3 is 0 Å². The van der Waals surface area contributed by atoms with Crippen LogP contribution in [-0.2, 0) is 6.61 Å². The van der Waals surface area contributed by atoms with Crippen LogP contribution < -0.4 is 10.5 Å². The average Bonchev–Trinajstić information content (AvgIpc) is 2.75. The Morgan fingerprint density at radius 1 is 1.42 bits per heavy atom. The fourth-order valence-electron chi connectivity index (χ4n) is 1.66. The maximum Gasteiger partial charge on any atom is 0.272 e. The number of nitro benzene ring substituents is 1. The molecule has 1 heterocycles. The average molecular weight is 279 g/mol. The minimum atomic E-state index is -0.393. The van der Waals surface area contributed by atoms with E-state index in [0.717, 1.165) is 10.4 Å². The standard InChI is InChI=1S/C12H13N3O3S/c1-7-4-11(8(2)3-10(7)15(16)17)18-6-9-5-14-12(13)19-9/h3-5H,6H2,1-2H3,(H2,13,14). The summed E-state index contributed by atoms with van der Waals surface area (Å²) in [5, 5.41) is 11.3. The smallest absolute Gasteiger partial charge is 0.272 e. The first-order chi connectivity index (χ1) is 8.97. The summed E-state index contributed by atoms with van der Waals surface area (Å²) < 4.78 is 5.64. The van der Waals surface area contributed by atoms with Gasteiger partial charge in [-0.05, 0) is 25.5 Å². The second kappa shape index (κ2) is 5.23. The van der Waals surface area contributed by atoms with Gasteiger partial charge in [0.1, 0.15) is 12.4 Å². The molecule has 1 aromatic heterocycles. The van der Waals surface area contributed by atoms with Crippen LogP contribution >= 0.6 is 11.3 Å². The van der Waals surface area contributed by atoms with Crippen LogP contribution in [0.25, 0.3) is 0 Å². The van der Waals surface area contributed by atoms with Crippen molar-refractivity contribution in [3.05, 3.63) is 44.4 Å². The van der Waals surface area contributed by atoms with E-state index in [9.17, 15) is 10.1 Å². The first kappa shape index (κ1) is 13.3. The van der Waals surface area contributed by atoms with E-state index in [1.807, 2.05) is 0 Å². The minimum absolute atomic E-state index is 0.104. The van der Waals surface area contributed by atoms with E-state index in [-0.39, 0.29) is 5.69 Å². The molecule has 6 nitrogen and oxygen atoms in total. The van der Waals surface area contributed by atoms with Crippen molar-refractivity contribution in [2.24, 2.45) is 0 Å². The van der Waals surface area contributed by atoms with Crippen molar-refractivity contribution in [2.75, 3.05) is 5.73 Å². The lowest BCUT2D eigenvalue weighted by molar-refractivity contribution is -0.385. The molecule has 0 amide bonds. The van der Waals surface area contributed by atoms with Gasteiger partial charge in [-0.3, -0.25) is 10.1 Å². The number of anilines is 1.